The average molecular weight is 280 g/mol. The maximum absolute atomic E-state index is 12.4. The number of nitrogens with zero attached hydrogens (tertiary/aromatic N) is 1. The Morgan fingerprint density at radius 2 is 1.85 bits per heavy atom. The largest absolute Gasteiger partial charge is 0.481 e. The molecule has 3 fully saturated rings. The summed E-state index contributed by atoms with van der Waals surface area (Å²) in [6, 6.07) is 1.22. The highest BCUT2D eigenvalue weighted by atomic mass is 16.4. The zero-order valence-electron chi connectivity index (χ0n) is 11.9. The number of likely N-dealkylation sites (tertiary alicyclic amines) is 1. The van der Waals surface area contributed by atoms with E-state index in [2.05, 4.69) is 5.32 Å². The lowest BCUT2D eigenvalue weighted by Crippen LogP contribution is -2.44. The minimum atomic E-state index is -0.762. The van der Waals surface area contributed by atoms with Gasteiger partial charge in [0.1, 0.15) is 0 Å². The van der Waals surface area contributed by atoms with Crippen molar-refractivity contribution in [3.8, 4) is 0 Å². The summed E-state index contributed by atoms with van der Waals surface area (Å²) < 4.78 is 0. The molecule has 0 radical (unpaired) electrons. The van der Waals surface area contributed by atoms with Crippen molar-refractivity contribution >= 4 is 11.9 Å². The standard InChI is InChI=1S/C15H24N2O3/c18-14(17-5-1-2-11(9-17)15(19)20)8-10-6-12-3-4-13(7-10)16-12/h10-13,16H,1-9H2,(H,19,20). The van der Waals surface area contributed by atoms with Crippen molar-refractivity contribution in [2.75, 3.05) is 13.1 Å². The zero-order chi connectivity index (χ0) is 14.1. The summed E-state index contributed by atoms with van der Waals surface area (Å²) in [6.45, 7) is 1.15. The molecule has 3 atom stereocenters. The Kier molecular flexibility index (Phi) is 3.96. The van der Waals surface area contributed by atoms with E-state index in [1.807, 2.05) is 0 Å². The maximum Gasteiger partial charge on any atom is 0.308 e. The van der Waals surface area contributed by atoms with Gasteiger partial charge in [-0.05, 0) is 44.4 Å². The summed E-state index contributed by atoms with van der Waals surface area (Å²) in [6.07, 6.45) is 6.86. The van der Waals surface area contributed by atoms with E-state index in [1.54, 1.807) is 4.90 Å². The number of carbonyl (C=O) groups is 2. The Labute approximate surface area is 119 Å². The minimum Gasteiger partial charge on any atom is -0.481 e. The van der Waals surface area contributed by atoms with Crippen molar-refractivity contribution in [1.29, 1.82) is 0 Å². The Balaban J connectivity index is 1.52. The maximum atomic E-state index is 12.4. The predicted molar refractivity (Wildman–Crippen MR) is 74.2 cm³/mol. The van der Waals surface area contributed by atoms with Crippen LogP contribution in [0.15, 0.2) is 0 Å². The van der Waals surface area contributed by atoms with Crippen LogP contribution in [-0.2, 0) is 9.59 Å². The summed E-state index contributed by atoms with van der Waals surface area (Å²) in [5.41, 5.74) is 0. The second-order valence-corrected chi connectivity index (χ2v) is 6.70. The highest BCUT2D eigenvalue weighted by Gasteiger charge is 2.35. The monoisotopic (exact) mass is 280 g/mol. The van der Waals surface area contributed by atoms with Gasteiger partial charge < -0.3 is 15.3 Å². The van der Waals surface area contributed by atoms with Gasteiger partial charge in [-0.25, -0.2) is 0 Å². The van der Waals surface area contributed by atoms with E-state index in [0.717, 1.165) is 25.8 Å². The molecular weight excluding hydrogens is 256 g/mol. The van der Waals surface area contributed by atoms with Crippen molar-refractivity contribution in [2.24, 2.45) is 11.8 Å². The molecule has 0 saturated carbocycles. The second kappa shape index (κ2) is 5.72. The Morgan fingerprint density at radius 1 is 1.15 bits per heavy atom. The molecule has 112 valence electrons. The van der Waals surface area contributed by atoms with Crippen LogP contribution < -0.4 is 5.32 Å². The number of carboxylic acid groups (broad SMARTS) is 1. The molecule has 3 heterocycles. The number of hydrogen-bond acceptors (Lipinski definition) is 3. The molecule has 3 unspecified atom stereocenters. The van der Waals surface area contributed by atoms with E-state index in [0.29, 0.717) is 37.4 Å². The number of carbonyl (C=O) groups excluding carboxylic acids is 1. The third kappa shape index (κ3) is 2.97. The molecule has 0 aromatic rings. The van der Waals surface area contributed by atoms with Crippen molar-refractivity contribution in [3.05, 3.63) is 0 Å². The fourth-order valence-electron chi connectivity index (χ4n) is 4.12. The quantitative estimate of drug-likeness (QED) is 0.816. The fourth-order valence-corrected chi connectivity index (χ4v) is 4.12. The van der Waals surface area contributed by atoms with Crippen LogP contribution in [0, 0.1) is 11.8 Å². The molecule has 3 aliphatic rings. The highest BCUT2D eigenvalue weighted by molar-refractivity contribution is 5.78. The molecule has 5 heteroatoms. The van der Waals surface area contributed by atoms with Crippen LogP contribution in [0.5, 0.6) is 0 Å². The van der Waals surface area contributed by atoms with Crippen LogP contribution in [0.4, 0.5) is 0 Å². The molecule has 0 aliphatic carbocycles. The van der Waals surface area contributed by atoms with E-state index in [9.17, 15) is 9.59 Å². The Hall–Kier alpha value is -1.10. The topological polar surface area (TPSA) is 69.6 Å². The minimum absolute atomic E-state index is 0.169. The molecule has 2 N–H and O–H groups in total. The zero-order valence-corrected chi connectivity index (χ0v) is 11.9. The molecule has 20 heavy (non-hydrogen) atoms. The first kappa shape index (κ1) is 13.9. The van der Waals surface area contributed by atoms with Crippen LogP contribution in [0.25, 0.3) is 0 Å². The summed E-state index contributed by atoms with van der Waals surface area (Å²) >= 11 is 0. The molecule has 3 rings (SSSR count). The Morgan fingerprint density at radius 3 is 2.50 bits per heavy atom. The van der Waals surface area contributed by atoms with Crippen LogP contribution >= 0.6 is 0 Å². The highest BCUT2D eigenvalue weighted by Crippen LogP contribution is 2.33. The number of piperidine rings is 2. The van der Waals surface area contributed by atoms with E-state index in [4.69, 9.17) is 5.11 Å². The van der Waals surface area contributed by atoms with Gasteiger partial charge in [0.25, 0.3) is 0 Å². The SMILES string of the molecule is O=C(O)C1CCCN(C(=O)CC2CC3CCC(C2)N3)C1. The van der Waals surface area contributed by atoms with E-state index >= 15 is 0 Å². The first-order valence-electron chi connectivity index (χ1n) is 7.88. The fraction of sp³-hybridized carbons (Fsp3) is 0.867. The van der Waals surface area contributed by atoms with Gasteiger partial charge in [0.05, 0.1) is 5.92 Å². The molecule has 0 aromatic carbocycles. The van der Waals surface area contributed by atoms with Gasteiger partial charge in [-0.3, -0.25) is 9.59 Å². The van der Waals surface area contributed by atoms with E-state index in [-0.39, 0.29) is 11.8 Å². The number of carboxylic acids is 1. The van der Waals surface area contributed by atoms with Crippen LogP contribution in [-0.4, -0.2) is 47.1 Å². The third-order valence-electron chi connectivity index (χ3n) is 5.16. The lowest BCUT2D eigenvalue weighted by Gasteiger charge is -2.34. The summed E-state index contributed by atoms with van der Waals surface area (Å²) in [7, 11) is 0. The van der Waals surface area contributed by atoms with Crippen molar-refractivity contribution < 1.29 is 14.7 Å². The van der Waals surface area contributed by atoms with Crippen LogP contribution in [0.2, 0.25) is 0 Å². The van der Waals surface area contributed by atoms with E-state index < -0.39 is 5.97 Å². The molecule has 1 amide bonds. The molecule has 5 nitrogen and oxygen atoms in total. The van der Waals surface area contributed by atoms with Crippen LogP contribution in [0.3, 0.4) is 0 Å². The molecule has 2 bridgehead atoms. The lowest BCUT2D eigenvalue weighted by atomic mass is 9.88. The third-order valence-corrected chi connectivity index (χ3v) is 5.16. The predicted octanol–water partition coefficient (Wildman–Crippen LogP) is 1.23. The second-order valence-electron chi connectivity index (χ2n) is 6.70. The van der Waals surface area contributed by atoms with Gasteiger partial charge in [0.2, 0.25) is 5.91 Å². The summed E-state index contributed by atoms with van der Waals surface area (Å²) in [4.78, 5) is 25.2. The van der Waals surface area contributed by atoms with Gasteiger partial charge >= 0.3 is 5.97 Å². The van der Waals surface area contributed by atoms with Crippen molar-refractivity contribution in [2.45, 2.75) is 57.0 Å². The summed E-state index contributed by atoms with van der Waals surface area (Å²) in [5.74, 6) is -0.465. The van der Waals surface area contributed by atoms with Crippen molar-refractivity contribution in [3.63, 3.8) is 0 Å². The van der Waals surface area contributed by atoms with Gasteiger partial charge in [0, 0.05) is 31.6 Å². The Bertz CT molecular complexity index is 387. The lowest BCUT2D eigenvalue weighted by molar-refractivity contribution is -0.146. The number of amides is 1. The number of rotatable bonds is 3. The number of nitrogens with one attached hydrogen (secondary N) is 1. The number of hydrogen-bond donors (Lipinski definition) is 2. The van der Waals surface area contributed by atoms with Crippen LogP contribution in [0.1, 0.15) is 44.9 Å². The van der Waals surface area contributed by atoms with Gasteiger partial charge in [0.15, 0.2) is 0 Å². The molecule has 3 saturated heterocycles. The van der Waals surface area contributed by atoms with Gasteiger partial charge in [-0.1, -0.05) is 0 Å². The summed E-state index contributed by atoms with van der Waals surface area (Å²) in [5, 5.41) is 12.7. The average Bonchev–Trinajstić information content (AvgIpc) is 2.78. The van der Waals surface area contributed by atoms with Crippen molar-refractivity contribution in [1.82, 2.24) is 10.2 Å². The first-order chi connectivity index (χ1) is 9.61. The molecule has 3 aliphatic heterocycles. The molecular formula is C15H24N2O3. The van der Waals surface area contributed by atoms with Gasteiger partial charge in [-0.15, -0.1) is 0 Å². The molecule has 0 aromatic heterocycles. The normalized spacial score (nSPS) is 36.9. The number of fused-ring (bicyclic) bond motifs is 2. The number of aliphatic carboxylic acids is 1. The molecule has 0 spiro atoms. The first-order valence-corrected chi connectivity index (χ1v) is 7.88. The smallest absolute Gasteiger partial charge is 0.308 e. The van der Waals surface area contributed by atoms with Gasteiger partial charge in [-0.2, -0.15) is 0 Å². The van der Waals surface area contributed by atoms with E-state index in [1.165, 1.54) is 12.8 Å².